The normalized spacial score (nSPS) is 16.4. The summed E-state index contributed by atoms with van der Waals surface area (Å²) in [5.41, 5.74) is 4.96. The number of ether oxygens (including phenoxy) is 3. The van der Waals surface area contributed by atoms with Gasteiger partial charge in [0.15, 0.2) is 0 Å². The molecule has 2 amide bonds. The number of nitrogens with zero attached hydrogens (tertiary/aromatic N) is 3. The van der Waals surface area contributed by atoms with Crippen molar-refractivity contribution in [3.05, 3.63) is 0 Å². The second kappa shape index (κ2) is 25.1. The lowest BCUT2D eigenvalue weighted by atomic mass is 10.4. The van der Waals surface area contributed by atoms with Gasteiger partial charge < -0.3 is 44.1 Å². The molecule has 2 atom stereocenters. The molecule has 1 aliphatic rings. The van der Waals surface area contributed by atoms with Gasteiger partial charge in [-0.1, -0.05) is 7.43 Å². The van der Waals surface area contributed by atoms with Crippen LogP contribution in [0.15, 0.2) is 0 Å². The van der Waals surface area contributed by atoms with Crippen LogP contribution in [0.25, 0.3) is 0 Å². The summed E-state index contributed by atoms with van der Waals surface area (Å²) in [4.78, 5) is 24.1. The van der Waals surface area contributed by atoms with Gasteiger partial charge in [-0.2, -0.15) is 0 Å². The predicted molar refractivity (Wildman–Crippen MR) is 169 cm³/mol. The number of primary amides is 1. The Morgan fingerprint density at radius 2 is 1.30 bits per heavy atom. The molecule has 1 aliphatic heterocycles. The highest BCUT2D eigenvalue weighted by atomic mass is 31.2. The van der Waals surface area contributed by atoms with Crippen LogP contribution in [0.3, 0.4) is 0 Å². The molecule has 1 heterocycles. The van der Waals surface area contributed by atoms with E-state index < -0.39 is 27.0 Å². The number of carbonyl (C=O) groups is 2. The van der Waals surface area contributed by atoms with Crippen LogP contribution in [0.4, 0.5) is 4.79 Å². The lowest BCUT2D eigenvalue weighted by Gasteiger charge is -2.37. The Balaban J connectivity index is -0.000000746. The van der Waals surface area contributed by atoms with Crippen molar-refractivity contribution in [3.8, 4) is 0 Å². The Morgan fingerprint density at radius 3 is 1.72 bits per heavy atom. The van der Waals surface area contributed by atoms with Gasteiger partial charge >= 0.3 is 6.09 Å². The van der Waals surface area contributed by atoms with Gasteiger partial charge in [0.2, 0.25) is 5.91 Å². The van der Waals surface area contributed by atoms with E-state index in [0.29, 0.717) is 46.0 Å². The molecular formula is C26H60N4O11P2. The average Bonchev–Trinajstić information content (AvgIpc) is 2.84. The zero-order chi connectivity index (χ0) is 32.9. The second-order valence-corrected chi connectivity index (χ2v) is 15.2. The Labute approximate surface area is 259 Å². The molecule has 0 aromatic rings. The van der Waals surface area contributed by atoms with Crippen molar-refractivity contribution in [1.82, 2.24) is 14.2 Å². The number of hydrogen-bond acceptors (Lipinski definition) is 11. The van der Waals surface area contributed by atoms with Gasteiger partial charge in [0.1, 0.15) is 6.61 Å². The van der Waals surface area contributed by atoms with E-state index in [1.54, 1.807) is 51.0 Å². The van der Waals surface area contributed by atoms with Crippen molar-refractivity contribution in [2.24, 2.45) is 5.73 Å². The fourth-order valence-electron chi connectivity index (χ4n) is 3.19. The van der Waals surface area contributed by atoms with Gasteiger partial charge in [0.05, 0.1) is 51.8 Å². The lowest BCUT2D eigenvalue weighted by molar-refractivity contribution is -0.118. The number of rotatable bonds is 16. The topological polar surface area (TPSA) is 191 Å². The first-order chi connectivity index (χ1) is 19.3. The van der Waals surface area contributed by atoms with E-state index in [-0.39, 0.29) is 52.1 Å². The fourth-order valence-corrected chi connectivity index (χ4v) is 6.35. The van der Waals surface area contributed by atoms with Crippen LogP contribution >= 0.6 is 15.0 Å². The van der Waals surface area contributed by atoms with Gasteiger partial charge in [-0.3, -0.25) is 13.9 Å². The van der Waals surface area contributed by atoms with Crippen LogP contribution in [0.1, 0.15) is 49.0 Å². The quantitative estimate of drug-likeness (QED) is 0.161. The van der Waals surface area contributed by atoms with E-state index in [4.69, 9.17) is 39.2 Å². The first-order valence-electron chi connectivity index (χ1n) is 14.0. The molecule has 0 bridgehead atoms. The third kappa shape index (κ3) is 25.9. The van der Waals surface area contributed by atoms with E-state index in [1.165, 1.54) is 11.3 Å². The highest BCUT2D eigenvalue weighted by Crippen LogP contribution is 2.48. The van der Waals surface area contributed by atoms with Crippen molar-refractivity contribution >= 4 is 27.0 Å². The first kappa shape index (κ1) is 46.3. The van der Waals surface area contributed by atoms with Crippen LogP contribution in [-0.4, -0.2) is 148 Å². The summed E-state index contributed by atoms with van der Waals surface area (Å²) < 4.78 is 53.5. The Kier molecular flexibility index (Phi) is 27.0. The number of hydrogen-bond donors (Lipinski definition) is 3. The molecule has 4 N–H and O–H groups in total. The Morgan fingerprint density at radius 1 is 0.860 bits per heavy atom. The molecule has 17 heteroatoms. The Bertz CT molecular complexity index is 824. The van der Waals surface area contributed by atoms with Crippen LogP contribution in [0.2, 0.25) is 0 Å². The fraction of sp³-hybridized carbons (Fsp3) is 0.923. The molecule has 1 rings (SSSR count). The molecule has 0 radical (unpaired) electrons. The minimum absolute atomic E-state index is 0. The maximum absolute atomic E-state index is 12.5. The van der Waals surface area contributed by atoms with Gasteiger partial charge in [-0.05, 0) is 48.6 Å². The van der Waals surface area contributed by atoms with Crippen LogP contribution < -0.4 is 5.73 Å². The first-order valence-corrected chi connectivity index (χ1v) is 18.0. The molecule has 1 saturated heterocycles. The number of aliphatic hydroxyl groups is 2. The van der Waals surface area contributed by atoms with E-state index in [0.717, 1.165) is 0 Å². The maximum atomic E-state index is 12.5. The number of amides is 2. The summed E-state index contributed by atoms with van der Waals surface area (Å²) in [6.45, 7) is 17.2. The van der Waals surface area contributed by atoms with Gasteiger partial charge in [-0.25, -0.2) is 14.1 Å². The van der Waals surface area contributed by atoms with Crippen LogP contribution in [0, 0.1) is 0 Å². The number of aliphatic hydroxyl groups excluding tert-OH is 2. The summed E-state index contributed by atoms with van der Waals surface area (Å²) in [7, 11) is -4.13. The molecule has 15 nitrogen and oxygen atoms in total. The Hall–Kier alpha value is -1.12. The largest absolute Gasteiger partial charge is 0.447 e. The molecule has 1 fully saturated rings. The third-order valence-electron chi connectivity index (χ3n) is 4.91. The molecule has 0 aliphatic carbocycles. The highest BCUT2D eigenvalue weighted by Gasteiger charge is 2.32. The highest BCUT2D eigenvalue weighted by molar-refractivity contribution is 7.55. The summed E-state index contributed by atoms with van der Waals surface area (Å²) in [5, 5.41) is 16.6. The van der Waals surface area contributed by atoms with Crippen LogP contribution in [0.5, 0.6) is 0 Å². The summed E-state index contributed by atoms with van der Waals surface area (Å²) in [6, 6.07) is 0. The van der Waals surface area contributed by atoms with Gasteiger partial charge in [-0.15, -0.1) is 0 Å². The molecule has 43 heavy (non-hydrogen) atoms. The van der Waals surface area contributed by atoms with Crippen molar-refractivity contribution < 1.29 is 52.2 Å². The van der Waals surface area contributed by atoms with Crippen molar-refractivity contribution in [2.45, 2.75) is 67.3 Å². The number of piperazine rings is 1. The van der Waals surface area contributed by atoms with Gasteiger partial charge in [0, 0.05) is 45.6 Å². The summed E-state index contributed by atoms with van der Waals surface area (Å²) >= 11 is 0. The molecule has 2 unspecified atom stereocenters. The van der Waals surface area contributed by atoms with Crippen LogP contribution in [-0.2, 0) is 37.2 Å². The number of likely N-dealkylation sites (N-methyl/N-ethyl adjacent to an activating group) is 1. The molecular weight excluding hydrogens is 606 g/mol. The molecule has 260 valence electrons. The molecule has 0 aromatic carbocycles. The second-order valence-electron chi connectivity index (χ2n) is 10.3. The minimum atomic E-state index is -2.86. The third-order valence-corrected chi connectivity index (χ3v) is 9.34. The minimum Gasteiger partial charge on any atom is -0.447 e. The van der Waals surface area contributed by atoms with Crippen molar-refractivity contribution in [3.63, 3.8) is 0 Å². The smallest absolute Gasteiger partial charge is 0.409 e. The molecule has 0 spiro atoms. The van der Waals surface area contributed by atoms with E-state index in [1.807, 2.05) is 13.8 Å². The van der Waals surface area contributed by atoms with Crippen molar-refractivity contribution in [2.75, 3.05) is 92.7 Å². The standard InChI is InChI=1S/C15H31N2O7P.C7H17N2O3P.C3H8O.CH4/c1-14(2)24-25(3,20)17-6-4-16(5-7-17)15(19)23-13-12-22-11-10-21-9-8-18;1-6(2)12-13(4,11)9(3)5-7(8)10;1-3(2)4;/h14,18H,4-13H2,1-3H3;6H,5H2,1-4H3,(H2,8,10);3-4H,1-2H3;1H4. The molecule has 0 aromatic heterocycles. The average molecular weight is 667 g/mol. The van der Waals surface area contributed by atoms with Crippen molar-refractivity contribution in [1.29, 1.82) is 0 Å². The van der Waals surface area contributed by atoms with E-state index in [2.05, 4.69) is 0 Å². The number of nitrogens with two attached hydrogens (primary N) is 1. The van der Waals surface area contributed by atoms with E-state index in [9.17, 15) is 18.7 Å². The summed E-state index contributed by atoms with van der Waals surface area (Å²) in [5.74, 6) is -0.517. The summed E-state index contributed by atoms with van der Waals surface area (Å²) in [6.07, 6.45) is -0.797. The number of carbonyl (C=O) groups excluding carboxylic acids is 2. The zero-order valence-corrected chi connectivity index (χ0v) is 28.7. The predicted octanol–water partition coefficient (Wildman–Crippen LogP) is 2.69. The monoisotopic (exact) mass is 666 g/mol. The van der Waals surface area contributed by atoms with E-state index >= 15 is 0 Å². The van der Waals surface area contributed by atoms with Gasteiger partial charge in [0.25, 0.3) is 15.0 Å². The SMILES string of the molecule is C.CC(C)O.CC(C)OP(C)(=O)N(C)CC(N)=O.CC(C)OP(C)(=O)N1CCN(C(=O)OCCOCCOCCO)CC1. The molecule has 0 saturated carbocycles. The zero-order valence-electron chi connectivity index (χ0n) is 26.9. The lowest BCUT2D eigenvalue weighted by Crippen LogP contribution is -2.47. The maximum Gasteiger partial charge on any atom is 0.409 e.